The number of carbonyl (C=O) groups excluding carboxylic acids is 1. The third-order valence-corrected chi connectivity index (χ3v) is 6.06. The number of carbonyl (C=O) groups is 1. The van der Waals surface area contributed by atoms with Gasteiger partial charge in [-0.15, -0.1) is 0 Å². The molecule has 0 aromatic heterocycles. The van der Waals surface area contributed by atoms with E-state index in [4.69, 9.17) is 9.84 Å². The van der Waals surface area contributed by atoms with E-state index in [1.54, 1.807) is 7.05 Å². The largest absolute Gasteiger partial charge is 0.487 e. The fourth-order valence-electron chi connectivity index (χ4n) is 4.32. The number of hydrazone groups is 1. The second kappa shape index (κ2) is 5.72. The summed E-state index contributed by atoms with van der Waals surface area (Å²) in [4.78, 5) is 12.5. The average Bonchev–Trinajstić information content (AvgIpc) is 2.98. The minimum Gasteiger partial charge on any atom is -0.487 e. The van der Waals surface area contributed by atoms with Gasteiger partial charge in [0, 0.05) is 30.5 Å². The van der Waals surface area contributed by atoms with Gasteiger partial charge in [0.1, 0.15) is 11.4 Å². The Bertz CT molecular complexity index is 795. The highest BCUT2D eigenvalue weighted by molar-refractivity contribution is 6.08. The molecule has 0 bridgehead atoms. The summed E-state index contributed by atoms with van der Waals surface area (Å²) in [6, 6.07) is 4.30. The number of ether oxygens (including phenoxy) is 1. The van der Waals surface area contributed by atoms with Crippen molar-refractivity contribution >= 4 is 11.6 Å². The number of hydrogen-bond donors (Lipinski definition) is 0. The van der Waals surface area contributed by atoms with Gasteiger partial charge >= 0.3 is 0 Å². The zero-order valence-corrected chi connectivity index (χ0v) is 15.5. The molecule has 132 valence electrons. The molecular weight excluding hydrogens is 312 g/mol. The number of nitrogens with zero attached hydrogens (tertiary/aromatic N) is 2. The smallest absolute Gasteiger partial charge is 0.246 e. The van der Waals surface area contributed by atoms with Gasteiger partial charge in [-0.3, -0.25) is 4.79 Å². The van der Waals surface area contributed by atoms with Crippen LogP contribution in [0.4, 0.5) is 0 Å². The van der Waals surface area contributed by atoms with Gasteiger partial charge in [0.25, 0.3) is 0 Å². The molecule has 1 aromatic rings. The van der Waals surface area contributed by atoms with Crippen LogP contribution in [0.3, 0.4) is 0 Å². The first-order chi connectivity index (χ1) is 11.9. The van der Waals surface area contributed by atoms with E-state index in [9.17, 15) is 4.79 Å². The molecule has 3 atom stereocenters. The zero-order chi connectivity index (χ0) is 17.8. The Morgan fingerprint density at radius 2 is 2.00 bits per heavy atom. The van der Waals surface area contributed by atoms with Crippen LogP contribution in [0.15, 0.2) is 29.4 Å². The van der Waals surface area contributed by atoms with E-state index in [-0.39, 0.29) is 23.3 Å². The summed E-state index contributed by atoms with van der Waals surface area (Å²) in [5.74, 6) is 1.34. The van der Waals surface area contributed by atoms with Gasteiger partial charge < -0.3 is 4.74 Å². The maximum absolute atomic E-state index is 12.5. The van der Waals surface area contributed by atoms with Crippen molar-refractivity contribution in [3.63, 3.8) is 0 Å². The van der Waals surface area contributed by atoms with Crippen molar-refractivity contribution in [1.82, 2.24) is 5.01 Å². The van der Waals surface area contributed by atoms with Crippen molar-refractivity contribution in [2.45, 2.75) is 52.1 Å². The number of fused-ring (bicyclic) bond motifs is 2. The summed E-state index contributed by atoms with van der Waals surface area (Å²) in [5, 5.41) is 6.25. The molecule has 1 amide bonds. The molecule has 0 saturated carbocycles. The minimum absolute atomic E-state index is 0.0133. The molecule has 0 fully saturated rings. The summed E-state index contributed by atoms with van der Waals surface area (Å²) in [6.45, 7) is 6.46. The molecule has 0 N–H and O–H groups in total. The first-order valence-electron chi connectivity index (χ1n) is 9.26. The van der Waals surface area contributed by atoms with Gasteiger partial charge in [0.2, 0.25) is 5.91 Å². The van der Waals surface area contributed by atoms with Crippen LogP contribution in [-0.4, -0.2) is 29.3 Å². The second-order valence-corrected chi connectivity index (χ2v) is 7.82. The van der Waals surface area contributed by atoms with Crippen LogP contribution in [0.5, 0.6) is 5.75 Å². The SMILES string of the molecule is CCC1(C)Cc2c(C3=NN(C)C(=O)C4CC=CCC34)ccc(C)c2O1. The topological polar surface area (TPSA) is 41.9 Å². The summed E-state index contributed by atoms with van der Waals surface area (Å²) in [5.41, 5.74) is 4.52. The van der Waals surface area contributed by atoms with E-state index in [1.807, 2.05) is 0 Å². The predicted molar refractivity (Wildman–Crippen MR) is 98.9 cm³/mol. The minimum atomic E-state index is -0.147. The monoisotopic (exact) mass is 338 g/mol. The van der Waals surface area contributed by atoms with Crippen molar-refractivity contribution in [1.29, 1.82) is 0 Å². The summed E-state index contributed by atoms with van der Waals surface area (Å²) in [7, 11) is 1.78. The molecule has 25 heavy (non-hydrogen) atoms. The number of amides is 1. The highest BCUT2D eigenvalue weighted by atomic mass is 16.5. The summed E-state index contributed by atoms with van der Waals surface area (Å²) < 4.78 is 6.34. The lowest BCUT2D eigenvalue weighted by Gasteiger charge is -2.36. The van der Waals surface area contributed by atoms with Crippen molar-refractivity contribution < 1.29 is 9.53 Å². The molecule has 3 aliphatic rings. The molecule has 4 nitrogen and oxygen atoms in total. The van der Waals surface area contributed by atoms with Gasteiger partial charge in [0.05, 0.1) is 11.6 Å². The third kappa shape index (κ3) is 2.50. The molecule has 1 aromatic carbocycles. The van der Waals surface area contributed by atoms with Crippen LogP contribution < -0.4 is 4.74 Å². The maximum Gasteiger partial charge on any atom is 0.246 e. The maximum atomic E-state index is 12.5. The molecule has 0 spiro atoms. The lowest BCUT2D eigenvalue weighted by Crippen LogP contribution is -2.44. The first-order valence-corrected chi connectivity index (χ1v) is 9.26. The molecule has 4 rings (SSSR count). The lowest BCUT2D eigenvalue weighted by atomic mass is 9.75. The highest BCUT2D eigenvalue weighted by Crippen LogP contribution is 2.43. The van der Waals surface area contributed by atoms with Crippen molar-refractivity contribution in [3.05, 3.63) is 41.0 Å². The Hall–Kier alpha value is -2.10. The van der Waals surface area contributed by atoms with Gasteiger partial charge in [0.15, 0.2) is 0 Å². The van der Waals surface area contributed by atoms with Gasteiger partial charge in [-0.25, -0.2) is 5.01 Å². The van der Waals surface area contributed by atoms with Gasteiger partial charge in [-0.1, -0.05) is 31.2 Å². The molecule has 2 heterocycles. The van der Waals surface area contributed by atoms with Crippen LogP contribution >= 0.6 is 0 Å². The summed E-state index contributed by atoms with van der Waals surface area (Å²) in [6.07, 6.45) is 7.89. The Labute approximate surface area is 149 Å². The molecule has 4 heteroatoms. The molecule has 1 aliphatic carbocycles. The van der Waals surface area contributed by atoms with E-state index < -0.39 is 0 Å². The fraction of sp³-hybridized carbons (Fsp3) is 0.524. The van der Waals surface area contributed by atoms with Crippen LogP contribution in [0.1, 0.15) is 49.8 Å². The zero-order valence-electron chi connectivity index (χ0n) is 15.5. The highest BCUT2D eigenvalue weighted by Gasteiger charge is 2.42. The Morgan fingerprint density at radius 1 is 1.28 bits per heavy atom. The average molecular weight is 338 g/mol. The van der Waals surface area contributed by atoms with Crippen LogP contribution in [-0.2, 0) is 11.2 Å². The standard InChI is InChI=1S/C21H26N2O2/c1-5-21(3)12-17-15(11-10-13(2)19(17)25-21)18-14-8-6-7-9-16(14)20(24)23(4)22-18/h6-7,10-11,14,16H,5,8-9,12H2,1-4H3. The van der Waals surface area contributed by atoms with Crippen LogP contribution in [0, 0.1) is 18.8 Å². The fourth-order valence-corrected chi connectivity index (χ4v) is 4.32. The van der Waals surface area contributed by atoms with Gasteiger partial charge in [-0.05, 0) is 38.7 Å². The van der Waals surface area contributed by atoms with E-state index in [0.717, 1.165) is 37.1 Å². The predicted octanol–water partition coefficient (Wildman–Crippen LogP) is 3.86. The Kier molecular flexibility index (Phi) is 3.75. The molecule has 0 saturated heterocycles. The number of benzene rings is 1. The van der Waals surface area contributed by atoms with E-state index in [2.05, 4.69) is 45.1 Å². The number of hydrogen-bond acceptors (Lipinski definition) is 3. The van der Waals surface area contributed by atoms with Crippen LogP contribution in [0.2, 0.25) is 0 Å². The van der Waals surface area contributed by atoms with E-state index in [0.29, 0.717) is 0 Å². The van der Waals surface area contributed by atoms with Gasteiger partial charge in [-0.2, -0.15) is 5.10 Å². The lowest BCUT2D eigenvalue weighted by molar-refractivity contribution is -0.136. The van der Waals surface area contributed by atoms with E-state index >= 15 is 0 Å². The first kappa shape index (κ1) is 16.4. The second-order valence-electron chi connectivity index (χ2n) is 7.82. The molecular formula is C21H26N2O2. The molecule has 2 aliphatic heterocycles. The summed E-state index contributed by atoms with van der Waals surface area (Å²) >= 11 is 0. The molecule has 3 unspecified atom stereocenters. The Balaban J connectivity index is 1.83. The Morgan fingerprint density at radius 3 is 2.72 bits per heavy atom. The quantitative estimate of drug-likeness (QED) is 0.769. The molecule has 0 radical (unpaired) electrons. The number of aryl methyl sites for hydroxylation is 1. The van der Waals surface area contributed by atoms with Crippen molar-refractivity contribution in [2.75, 3.05) is 7.05 Å². The van der Waals surface area contributed by atoms with Crippen molar-refractivity contribution in [3.8, 4) is 5.75 Å². The van der Waals surface area contributed by atoms with E-state index in [1.165, 1.54) is 21.7 Å². The van der Waals surface area contributed by atoms with Crippen LogP contribution in [0.25, 0.3) is 0 Å². The number of allylic oxidation sites excluding steroid dienone is 2. The third-order valence-electron chi connectivity index (χ3n) is 6.06. The van der Waals surface area contributed by atoms with Crippen molar-refractivity contribution in [2.24, 2.45) is 16.9 Å². The normalized spacial score (nSPS) is 30.6. The number of rotatable bonds is 2.